The number of halogens is 3. The molecule has 3 rings (SSSR count). The highest BCUT2D eigenvalue weighted by Gasteiger charge is 2.60. The van der Waals surface area contributed by atoms with Crippen molar-refractivity contribution in [3.63, 3.8) is 0 Å². The highest BCUT2D eigenvalue weighted by atomic mass is 19.4. The Balaban J connectivity index is 1.82. The van der Waals surface area contributed by atoms with E-state index in [9.17, 15) is 23.4 Å². The Morgan fingerprint density at radius 1 is 1.33 bits per heavy atom. The van der Waals surface area contributed by atoms with Gasteiger partial charge in [-0.1, -0.05) is 19.9 Å². The topological polar surface area (TPSA) is 83.8 Å². The third kappa shape index (κ3) is 2.75. The van der Waals surface area contributed by atoms with E-state index in [1.54, 1.807) is 0 Å². The monoisotopic (exact) mass is 348 g/mol. The predicted molar refractivity (Wildman–Crippen MR) is 77.1 cm³/mol. The fourth-order valence-electron chi connectivity index (χ4n) is 3.12. The van der Waals surface area contributed by atoms with E-state index in [2.05, 4.69) is 10.3 Å². The van der Waals surface area contributed by atoms with Gasteiger partial charge in [0.15, 0.2) is 6.29 Å². The van der Waals surface area contributed by atoms with Crippen molar-refractivity contribution in [3.8, 4) is 0 Å². The maximum absolute atomic E-state index is 12.7. The molecule has 1 unspecified atom stereocenters. The normalized spacial score (nSPS) is 36.2. The molecule has 0 spiro atoms. The molecule has 2 aliphatic heterocycles. The predicted octanol–water partition coefficient (Wildman–Crippen LogP) is 1.38. The van der Waals surface area contributed by atoms with Crippen LogP contribution in [-0.4, -0.2) is 51.9 Å². The van der Waals surface area contributed by atoms with Crippen molar-refractivity contribution in [3.05, 3.63) is 23.9 Å². The van der Waals surface area contributed by atoms with Crippen LogP contribution < -0.4 is 5.32 Å². The largest absolute Gasteiger partial charge is 0.433 e. The fraction of sp³-hybridized carbons (Fsp3) is 0.667. The van der Waals surface area contributed by atoms with Crippen molar-refractivity contribution in [2.75, 3.05) is 11.9 Å². The molecule has 0 radical (unpaired) electrons. The Morgan fingerprint density at radius 2 is 2.04 bits per heavy atom. The molecule has 3 N–H and O–H groups in total. The van der Waals surface area contributed by atoms with Crippen molar-refractivity contribution in [1.29, 1.82) is 0 Å². The van der Waals surface area contributed by atoms with Gasteiger partial charge in [0.2, 0.25) is 0 Å². The number of ether oxygens (including phenoxy) is 2. The summed E-state index contributed by atoms with van der Waals surface area (Å²) in [6.07, 6.45) is -7.97. The minimum atomic E-state index is -4.57. The second-order valence-electron chi connectivity index (χ2n) is 6.42. The summed E-state index contributed by atoms with van der Waals surface area (Å²) in [6.45, 7) is 3.77. The Hall–Kier alpha value is -1.42. The van der Waals surface area contributed by atoms with Crippen LogP contribution >= 0.6 is 0 Å². The molecule has 9 heteroatoms. The number of nitrogens with zero attached hydrogens (tertiary/aromatic N) is 1. The number of aliphatic hydroxyl groups excluding tert-OH is 2. The Morgan fingerprint density at radius 3 is 2.67 bits per heavy atom. The Labute approximate surface area is 136 Å². The zero-order chi connectivity index (χ0) is 17.7. The van der Waals surface area contributed by atoms with Crippen LogP contribution in [0.15, 0.2) is 18.2 Å². The quantitative estimate of drug-likeness (QED) is 0.766. The van der Waals surface area contributed by atoms with Crippen molar-refractivity contribution in [2.45, 2.75) is 50.2 Å². The average molecular weight is 348 g/mol. The molecule has 2 aliphatic rings. The average Bonchev–Trinajstić information content (AvgIpc) is 2.93. The van der Waals surface area contributed by atoms with E-state index in [4.69, 9.17) is 9.47 Å². The molecule has 0 aromatic carbocycles. The standard InChI is InChI=1S/C15H19F3N2O4/c1-7(2)14-6-23-13(24-14)10(11(21)12(14)22)20-9-5-3-4-8(19-9)15(16,17)18/h3-5,7,10-13,21-22H,6H2,1-2H3,(H,19,20)/t10?,11-,12-,13+,14-/m1/s1. The lowest BCUT2D eigenvalue weighted by molar-refractivity contribution is -0.228. The molecule has 5 atom stereocenters. The maximum Gasteiger partial charge on any atom is 0.433 e. The van der Waals surface area contributed by atoms with E-state index >= 15 is 0 Å². The van der Waals surface area contributed by atoms with Crippen LogP contribution in [0.4, 0.5) is 19.0 Å². The summed E-state index contributed by atoms with van der Waals surface area (Å²) in [5.41, 5.74) is -2.08. The highest BCUT2D eigenvalue weighted by molar-refractivity contribution is 5.38. The summed E-state index contributed by atoms with van der Waals surface area (Å²) < 4.78 is 49.5. The third-order valence-corrected chi connectivity index (χ3v) is 4.63. The first-order chi connectivity index (χ1) is 11.1. The minimum absolute atomic E-state index is 0.0859. The molecule has 1 aromatic rings. The van der Waals surface area contributed by atoms with Gasteiger partial charge in [-0.05, 0) is 18.1 Å². The van der Waals surface area contributed by atoms with Crippen molar-refractivity contribution in [2.24, 2.45) is 5.92 Å². The van der Waals surface area contributed by atoms with Crippen LogP contribution in [0.3, 0.4) is 0 Å². The molecule has 0 saturated carbocycles. The molecule has 2 saturated heterocycles. The van der Waals surface area contributed by atoms with Crippen LogP contribution in [0.1, 0.15) is 19.5 Å². The fourth-order valence-corrected chi connectivity index (χ4v) is 3.12. The molecular formula is C15H19F3N2O4. The van der Waals surface area contributed by atoms with E-state index in [-0.39, 0.29) is 18.3 Å². The first-order valence-electron chi connectivity index (χ1n) is 7.61. The van der Waals surface area contributed by atoms with E-state index in [1.807, 2.05) is 13.8 Å². The Bertz CT molecular complexity index is 613. The van der Waals surface area contributed by atoms with Crippen LogP contribution in [0.5, 0.6) is 0 Å². The van der Waals surface area contributed by atoms with Crippen LogP contribution in [0.25, 0.3) is 0 Å². The molecule has 134 valence electrons. The lowest BCUT2D eigenvalue weighted by Gasteiger charge is -2.45. The number of fused-ring (bicyclic) bond motifs is 2. The first kappa shape index (κ1) is 17.4. The third-order valence-electron chi connectivity index (χ3n) is 4.63. The van der Waals surface area contributed by atoms with Crippen molar-refractivity contribution in [1.82, 2.24) is 4.98 Å². The molecule has 1 aromatic heterocycles. The van der Waals surface area contributed by atoms with Crippen LogP contribution in [0.2, 0.25) is 0 Å². The minimum Gasteiger partial charge on any atom is -0.388 e. The zero-order valence-electron chi connectivity index (χ0n) is 13.1. The summed E-state index contributed by atoms with van der Waals surface area (Å²) >= 11 is 0. The maximum atomic E-state index is 12.7. The van der Waals surface area contributed by atoms with Crippen molar-refractivity contribution < 1.29 is 32.9 Å². The summed E-state index contributed by atoms with van der Waals surface area (Å²) in [6, 6.07) is 2.46. The smallest absolute Gasteiger partial charge is 0.388 e. The number of nitrogens with one attached hydrogen (secondary N) is 1. The van der Waals surface area contributed by atoms with Gasteiger partial charge in [0.1, 0.15) is 35.4 Å². The van der Waals surface area contributed by atoms with Gasteiger partial charge >= 0.3 is 6.18 Å². The number of alkyl halides is 3. The van der Waals surface area contributed by atoms with Gasteiger partial charge in [-0.2, -0.15) is 13.2 Å². The molecule has 6 nitrogen and oxygen atoms in total. The van der Waals surface area contributed by atoms with E-state index in [0.29, 0.717) is 0 Å². The molecule has 24 heavy (non-hydrogen) atoms. The van der Waals surface area contributed by atoms with Gasteiger partial charge in [0, 0.05) is 0 Å². The van der Waals surface area contributed by atoms with Gasteiger partial charge in [0.05, 0.1) is 6.61 Å². The lowest BCUT2D eigenvalue weighted by Crippen LogP contribution is -2.64. The Kier molecular flexibility index (Phi) is 4.23. The second kappa shape index (κ2) is 5.83. The van der Waals surface area contributed by atoms with Crippen molar-refractivity contribution >= 4 is 5.82 Å². The zero-order valence-corrected chi connectivity index (χ0v) is 13.1. The molecule has 3 heterocycles. The number of hydrogen-bond acceptors (Lipinski definition) is 6. The van der Waals surface area contributed by atoms with E-state index in [0.717, 1.165) is 6.07 Å². The van der Waals surface area contributed by atoms with Crippen LogP contribution in [-0.2, 0) is 15.7 Å². The van der Waals surface area contributed by atoms with Gasteiger partial charge in [-0.15, -0.1) is 0 Å². The van der Waals surface area contributed by atoms with Crippen LogP contribution in [0, 0.1) is 5.92 Å². The van der Waals surface area contributed by atoms with E-state index < -0.39 is 42.0 Å². The molecule has 0 aliphatic carbocycles. The SMILES string of the molecule is CC(C)[C@@]12CO[C@@H](O1)C(Nc1cccc(C(F)(F)F)n1)[C@@H](O)[C@H]2O. The number of aliphatic hydroxyl groups is 2. The number of anilines is 1. The first-order valence-corrected chi connectivity index (χ1v) is 7.61. The molecular weight excluding hydrogens is 329 g/mol. The molecule has 2 bridgehead atoms. The lowest BCUT2D eigenvalue weighted by atomic mass is 9.80. The summed E-state index contributed by atoms with van der Waals surface area (Å²) in [5, 5.41) is 23.5. The molecule has 0 amide bonds. The highest BCUT2D eigenvalue weighted by Crippen LogP contribution is 2.42. The summed E-state index contributed by atoms with van der Waals surface area (Å²) in [5.74, 6) is -0.197. The van der Waals surface area contributed by atoms with Gasteiger partial charge < -0.3 is 25.0 Å². The number of hydrogen-bond donors (Lipinski definition) is 3. The van der Waals surface area contributed by atoms with E-state index in [1.165, 1.54) is 12.1 Å². The second-order valence-corrected chi connectivity index (χ2v) is 6.42. The van der Waals surface area contributed by atoms with Gasteiger partial charge in [-0.3, -0.25) is 0 Å². The number of aromatic nitrogens is 1. The number of pyridine rings is 1. The summed E-state index contributed by atoms with van der Waals surface area (Å²) in [4.78, 5) is 3.49. The number of rotatable bonds is 3. The summed E-state index contributed by atoms with van der Waals surface area (Å²) in [7, 11) is 0. The molecule has 2 fully saturated rings. The van der Waals surface area contributed by atoms with Gasteiger partial charge in [0.25, 0.3) is 0 Å². The van der Waals surface area contributed by atoms with Gasteiger partial charge in [-0.25, -0.2) is 4.98 Å².